The molecule has 2 rings (SSSR count). The van der Waals surface area contributed by atoms with Crippen molar-refractivity contribution in [1.29, 1.82) is 0 Å². The van der Waals surface area contributed by atoms with E-state index in [-0.39, 0.29) is 0 Å². The van der Waals surface area contributed by atoms with E-state index in [0.717, 1.165) is 19.3 Å². The van der Waals surface area contributed by atoms with E-state index in [1.165, 1.54) is 11.1 Å². The summed E-state index contributed by atoms with van der Waals surface area (Å²) in [5.74, 6) is 0. The molecule has 1 aliphatic carbocycles. The van der Waals surface area contributed by atoms with Crippen LogP contribution in [0.4, 0.5) is 5.69 Å². The summed E-state index contributed by atoms with van der Waals surface area (Å²) in [6, 6.07) is 5.55. The summed E-state index contributed by atoms with van der Waals surface area (Å²) in [7, 11) is -3.64. The van der Waals surface area contributed by atoms with Crippen molar-refractivity contribution in [3.63, 3.8) is 0 Å². The molecule has 0 bridgehead atoms. The van der Waals surface area contributed by atoms with Gasteiger partial charge >= 0.3 is 0 Å². The number of rotatable bonds is 2. The molecule has 76 valence electrons. The predicted octanol–water partition coefficient (Wildman–Crippen LogP) is 0.791. The van der Waals surface area contributed by atoms with Crippen LogP contribution in [0.3, 0.4) is 0 Å². The fraction of sp³-hybridized carbons (Fsp3) is 0.333. The van der Waals surface area contributed by atoms with Gasteiger partial charge in [-0.05, 0) is 42.5 Å². The van der Waals surface area contributed by atoms with Gasteiger partial charge in [-0.25, -0.2) is 5.14 Å². The lowest BCUT2D eigenvalue weighted by atomic mass is 10.1. The van der Waals surface area contributed by atoms with Gasteiger partial charge in [-0.15, -0.1) is 0 Å². The molecule has 0 radical (unpaired) electrons. The Morgan fingerprint density at radius 1 is 1.21 bits per heavy atom. The first-order valence-corrected chi connectivity index (χ1v) is 6.01. The molecule has 0 unspecified atom stereocenters. The van der Waals surface area contributed by atoms with E-state index in [2.05, 4.69) is 4.72 Å². The number of nitrogens with one attached hydrogen (secondary N) is 1. The molecular formula is C9H12N2O2S. The van der Waals surface area contributed by atoms with Crippen LogP contribution >= 0.6 is 0 Å². The van der Waals surface area contributed by atoms with Gasteiger partial charge in [0.25, 0.3) is 10.2 Å². The molecule has 5 heteroatoms. The molecule has 0 spiro atoms. The van der Waals surface area contributed by atoms with Gasteiger partial charge in [-0.3, -0.25) is 4.72 Å². The number of aryl methyl sites for hydroxylation is 2. The Morgan fingerprint density at radius 2 is 1.93 bits per heavy atom. The number of nitrogens with two attached hydrogens (primary N) is 1. The largest absolute Gasteiger partial charge is 0.296 e. The first-order chi connectivity index (χ1) is 6.54. The molecule has 0 atom stereocenters. The van der Waals surface area contributed by atoms with Crippen molar-refractivity contribution in [3.05, 3.63) is 29.3 Å². The minimum Gasteiger partial charge on any atom is -0.271 e. The fourth-order valence-corrected chi connectivity index (χ4v) is 2.26. The first-order valence-electron chi connectivity index (χ1n) is 4.47. The SMILES string of the molecule is NS(=O)(=O)Nc1ccc2c(c1)CCC2. The van der Waals surface area contributed by atoms with Crippen LogP contribution in [-0.4, -0.2) is 8.42 Å². The zero-order chi connectivity index (χ0) is 10.2. The Balaban J connectivity index is 2.29. The van der Waals surface area contributed by atoms with E-state index < -0.39 is 10.2 Å². The average molecular weight is 212 g/mol. The van der Waals surface area contributed by atoms with Gasteiger partial charge in [0.1, 0.15) is 0 Å². The number of fused-ring (bicyclic) bond motifs is 1. The third-order valence-electron chi connectivity index (χ3n) is 2.36. The van der Waals surface area contributed by atoms with Crippen molar-refractivity contribution in [2.45, 2.75) is 19.3 Å². The molecule has 3 N–H and O–H groups in total. The van der Waals surface area contributed by atoms with Crippen LogP contribution in [0.5, 0.6) is 0 Å². The molecule has 0 amide bonds. The molecule has 0 aromatic heterocycles. The first kappa shape index (κ1) is 9.48. The Morgan fingerprint density at radius 3 is 2.64 bits per heavy atom. The summed E-state index contributed by atoms with van der Waals surface area (Å²) >= 11 is 0. The molecule has 1 aromatic carbocycles. The van der Waals surface area contributed by atoms with E-state index in [4.69, 9.17) is 5.14 Å². The summed E-state index contributed by atoms with van der Waals surface area (Å²) in [6.45, 7) is 0. The van der Waals surface area contributed by atoms with E-state index in [0.29, 0.717) is 5.69 Å². The van der Waals surface area contributed by atoms with Crippen molar-refractivity contribution in [1.82, 2.24) is 0 Å². The summed E-state index contributed by atoms with van der Waals surface area (Å²) in [5, 5.41) is 4.87. The van der Waals surface area contributed by atoms with E-state index in [9.17, 15) is 8.42 Å². The zero-order valence-electron chi connectivity index (χ0n) is 7.66. The number of anilines is 1. The van der Waals surface area contributed by atoms with Crippen molar-refractivity contribution in [2.75, 3.05) is 4.72 Å². The second-order valence-corrected chi connectivity index (χ2v) is 4.78. The summed E-state index contributed by atoms with van der Waals surface area (Å²) < 4.78 is 23.8. The normalized spacial score (nSPS) is 15.2. The quantitative estimate of drug-likeness (QED) is 0.760. The molecule has 0 fully saturated rings. The Bertz CT molecular complexity index is 454. The van der Waals surface area contributed by atoms with Gasteiger partial charge in [0, 0.05) is 0 Å². The van der Waals surface area contributed by atoms with Gasteiger partial charge < -0.3 is 0 Å². The van der Waals surface area contributed by atoms with Crippen molar-refractivity contribution in [2.24, 2.45) is 5.14 Å². The zero-order valence-corrected chi connectivity index (χ0v) is 8.47. The monoisotopic (exact) mass is 212 g/mol. The number of hydrogen-bond donors (Lipinski definition) is 2. The van der Waals surface area contributed by atoms with Crippen LogP contribution in [-0.2, 0) is 23.1 Å². The topological polar surface area (TPSA) is 72.2 Å². The van der Waals surface area contributed by atoms with Gasteiger partial charge in [0.05, 0.1) is 5.69 Å². The lowest BCUT2D eigenvalue weighted by Crippen LogP contribution is -2.21. The molecule has 1 aromatic rings. The van der Waals surface area contributed by atoms with Crippen LogP contribution in [0, 0.1) is 0 Å². The van der Waals surface area contributed by atoms with E-state index in [1.807, 2.05) is 12.1 Å². The lowest BCUT2D eigenvalue weighted by Gasteiger charge is -2.05. The van der Waals surface area contributed by atoms with Crippen molar-refractivity contribution >= 4 is 15.9 Å². The minimum absolute atomic E-state index is 0.549. The highest BCUT2D eigenvalue weighted by Gasteiger charge is 2.11. The third kappa shape index (κ3) is 2.05. The van der Waals surface area contributed by atoms with Crippen LogP contribution in [0.15, 0.2) is 18.2 Å². The minimum atomic E-state index is -3.64. The standard InChI is InChI=1S/C9H12N2O2S/c10-14(12,13)11-9-5-4-7-2-1-3-8(7)6-9/h4-6,11H,1-3H2,(H2,10,12,13). The molecule has 0 aliphatic heterocycles. The van der Waals surface area contributed by atoms with Gasteiger partial charge in [-0.1, -0.05) is 6.07 Å². The predicted molar refractivity (Wildman–Crippen MR) is 55.2 cm³/mol. The Hall–Kier alpha value is -1.07. The van der Waals surface area contributed by atoms with Gasteiger partial charge in [0.2, 0.25) is 0 Å². The molecular weight excluding hydrogens is 200 g/mol. The smallest absolute Gasteiger partial charge is 0.271 e. The molecule has 4 nitrogen and oxygen atoms in total. The summed E-state index contributed by atoms with van der Waals surface area (Å²) in [6.07, 6.45) is 3.26. The second kappa shape index (κ2) is 3.25. The maximum absolute atomic E-state index is 10.8. The van der Waals surface area contributed by atoms with Crippen LogP contribution in [0.25, 0.3) is 0 Å². The van der Waals surface area contributed by atoms with E-state index >= 15 is 0 Å². The highest BCUT2D eigenvalue weighted by Crippen LogP contribution is 2.24. The Labute approximate surface area is 83.3 Å². The average Bonchev–Trinajstić information content (AvgIpc) is 2.47. The van der Waals surface area contributed by atoms with Crippen LogP contribution < -0.4 is 9.86 Å². The maximum atomic E-state index is 10.8. The van der Waals surface area contributed by atoms with Crippen LogP contribution in [0.2, 0.25) is 0 Å². The maximum Gasteiger partial charge on any atom is 0.296 e. The fourth-order valence-electron chi connectivity index (χ4n) is 1.80. The summed E-state index contributed by atoms with van der Waals surface area (Å²) in [5.41, 5.74) is 3.08. The Kier molecular flexibility index (Phi) is 2.20. The van der Waals surface area contributed by atoms with E-state index in [1.54, 1.807) is 6.07 Å². The van der Waals surface area contributed by atoms with Gasteiger partial charge in [0.15, 0.2) is 0 Å². The molecule has 1 aliphatic rings. The molecule has 0 saturated carbocycles. The summed E-state index contributed by atoms with van der Waals surface area (Å²) in [4.78, 5) is 0. The highest BCUT2D eigenvalue weighted by atomic mass is 32.2. The van der Waals surface area contributed by atoms with Crippen molar-refractivity contribution < 1.29 is 8.42 Å². The van der Waals surface area contributed by atoms with Crippen molar-refractivity contribution in [3.8, 4) is 0 Å². The molecule has 14 heavy (non-hydrogen) atoms. The highest BCUT2D eigenvalue weighted by molar-refractivity contribution is 7.90. The second-order valence-electron chi connectivity index (χ2n) is 3.48. The van der Waals surface area contributed by atoms with Gasteiger partial charge in [-0.2, -0.15) is 8.42 Å². The van der Waals surface area contributed by atoms with Crippen LogP contribution in [0.1, 0.15) is 17.5 Å². The number of benzene rings is 1. The third-order valence-corrected chi connectivity index (χ3v) is 2.88. The lowest BCUT2D eigenvalue weighted by molar-refractivity contribution is 0.603. The number of hydrogen-bond acceptors (Lipinski definition) is 2. The molecule has 0 saturated heterocycles. The molecule has 0 heterocycles.